The Morgan fingerprint density at radius 3 is 2.88 bits per heavy atom. The molecule has 0 radical (unpaired) electrons. The normalized spacial score (nSPS) is 12.2. The van der Waals surface area contributed by atoms with E-state index in [1.807, 2.05) is 19.9 Å². The fourth-order valence-electron chi connectivity index (χ4n) is 3.37. The summed E-state index contributed by atoms with van der Waals surface area (Å²) in [6.07, 6.45) is 7.94. The summed E-state index contributed by atoms with van der Waals surface area (Å²) < 4.78 is 13.3. The molecule has 0 aliphatic carbocycles. The van der Waals surface area contributed by atoms with Gasteiger partial charge in [0, 0.05) is 32.0 Å². The van der Waals surface area contributed by atoms with Gasteiger partial charge in [-0.3, -0.25) is 14.0 Å². The second kappa shape index (κ2) is 11.0. The zero-order valence-electron chi connectivity index (χ0n) is 18.8. The minimum atomic E-state index is -0.557. The van der Waals surface area contributed by atoms with Gasteiger partial charge < -0.3 is 14.0 Å². The monoisotopic (exact) mass is 447 g/mol. The smallest absolute Gasteiger partial charge is 0.271 e. The molecule has 170 valence electrons. The lowest BCUT2D eigenvalue weighted by Crippen LogP contribution is -2.30. The van der Waals surface area contributed by atoms with E-state index in [1.54, 1.807) is 22.9 Å². The molecule has 9 nitrogen and oxygen atoms in total. The number of aryl methyl sites for hydroxylation is 2. The van der Waals surface area contributed by atoms with Crippen LogP contribution >= 0.6 is 0 Å². The summed E-state index contributed by atoms with van der Waals surface area (Å²) in [5.41, 5.74) is 1.65. The molecular formula is C24H25N5O4. The molecule has 0 saturated heterocycles. The summed E-state index contributed by atoms with van der Waals surface area (Å²) in [5, 5.41) is 10.1. The number of rotatable bonds is 8. The van der Waals surface area contributed by atoms with Crippen LogP contribution in [-0.4, -0.2) is 40.2 Å². The number of nitriles is 1. The van der Waals surface area contributed by atoms with E-state index in [4.69, 9.17) is 14.5 Å². The Hall–Kier alpha value is -4.03. The summed E-state index contributed by atoms with van der Waals surface area (Å²) in [6.45, 7) is 5.18. The Labute approximate surface area is 190 Å². The van der Waals surface area contributed by atoms with Crippen LogP contribution in [0.5, 0.6) is 0 Å². The van der Waals surface area contributed by atoms with E-state index in [2.05, 4.69) is 11.1 Å². The van der Waals surface area contributed by atoms with Gasteiger partial charge in [0.2, 0.25) is 0 Å². The third kappa shape index (κ3) is 5.25. The first-order chi connectivity index (χ1) is 16.0. The van der Waals surface area contributed by atoms with E-state index in [1.165, 1.54) is 36.0 Å². The van der Waals surface area contributed by atoms with Crippen molar-refractivity contribution in [2.45, 2.75) is 26.8 Å². The molecule has 0 aliphatic heterocycles. The second-order valence-corrected chi connectivity index (χ2v) is 7.11. The molecule has 0 N–H and O–H groups in total. The third-order valence-electron chi connectivity index (χ3n) is 4.88. The highest BCUT2D eigenvalue weighted by Crippen LogP contribution is 2.13. The number of nitrogens with zero attached hydrogens (tertiary/aromatic N) is 5. The van der Waals surface area contributed by atoms with Crippen LogP contribution in [0.3, 0.4) is 0 Å². The predicted molar refractivity (Wildman–Crippen MR) is 123 cm³/mol. The SMILES string of the molecule is CCOCCCn1c(=NC(=O)/C=C/C=C\OC)c(C#N)cc2c(=O)n3cccc(C)c3nc21. The molecule has 0 bridgehead atoms. The summed E-state index contributed by atoms with van der Waals surface area (Å²) >= 11 is 0. The van der Waals surface area contributed by atoms with Gasteiger partial charge in [-0.2, -0.15) is 10.3 Å². The van der Waals surface area contributed by atoms with E-state index in [9.17, 15) is 14.9 Å². The van der Waals surface area contributed by atoms with E-state index >= 15 is 0 Å². The molecule has 3 aromatic heterocycles. The molecule has 0 aromatic carbocycles. The molecule has 1 amide bonds. The Morgan fingerprint density at radius 2 is 2.15 bits per heavy atom. The Balaban J connectivity index is 2.31. The molecule has 0 aliphatic rings. The average Bonchev–Trinajstić information content (AvgIpc) is 2.81. The minimum absolute atomic E-state index is 0.111. The summed E-state index contributed by atoms with van der Waals surface area (Å²) in [4.78, 5) is 34.6. The predicted octanol–water partition coefficient (Wildman–Crippen LogP) is 2.40. The standard InChI is InChI=1S/C24H25N5O4/c1-4-33-14-8-12-28-22(26-20(30)10-5-6-13-32-3)18(16-25)15-19-23(28)27-21-17(2)9-7-11-29(21)24(19)31/h5-7,9-11,13,15H,4,8,12,14H2,1-3H3/b10-5+,13-6-,26-22?. The highest BCUT2D eigenvalue weighted by molar-refractivity contribution is 5.89. The number of methoxy groups -OCH3 is 1. The van der Waals surface area contributed by atoms with Crippen molar-refractivity contribution in [2.75, 3.05) is 20.3 Å². The average molecular weight is 447 g/mol. The first-order valence-electron chi connectivity index (χ1n) is 10.5. The van der Waals surface area contributed by atoms with Gasteiger partial charge >= 0.3 is 0 Å². The molecule has 33 heavy (non-hydrogen) atoms. The molecule has 3 rings (SSSR count). The van der Waals surface area contributed by atoms with E-state index in [0.29, 0.717) is 37.5 Å². The maximum Gasteiger partial charge on any atom is 0.271 e. The number of hydrogen-bond donors (Lipinski definition) is 0. The number of fused-ring (bicyclic) bond motifs is 2. The van der Waals surface area contributed by atoms with Gasteiger partial charge in [-0.1, -0.05) is 12.1 Å². The molecule has 0 fully saturated rings. The largest absolute Gasteiger partial charge is 0.504 e. The van der Waals surface area contributed by atoms with Gasteiger partial charge in [0.05, 0.1) is 24.3 Å². The minimum Gasteiger partial charge on any atom is -0.504 e. The topological polar surface area (TPSA) is 111 Å². The van der Waals surface area contributed by atoms with Gasteiger partial charge in [0.15, 0.2) is 5.49 Å². The second-order valence-electron chi connectivity index (χ2n) is 7.11. The number of hydrogen-bond acceptors (Lipinski definition) is 6. The molecule has 3 heterocycles. The molecular weight excluding hydrogens is 422 g/mol. The number of carbonyl (C=O) groups excluding carboxylic acids is 1. The fraction of sp³-hybridized carbons (Fsp3) is 0.292. The fourth-order valence-corrected chi connectivity index (χ4v) is 3.37. The van der Waals surface area contributed by atoms with Crippen LogP contribution in [0.15, 0.2) is 58.7 Å². The van der Waals surface area contributed by atoms with E-state index < -0.39 is 5.91 Å². The maximum absolute atomic E-state index is 13.2. The van der Waals surface area contributed by atoms with Crippen LogP contribution in [-0.2, 0) is 20.8 Å². The van der Waals surface area contributed by atoms with Crippen molar-refractivity contribution in [1.29, 1.82) is 5.26 Å². The molecule has 0 unspecified atom stereocenters. The molecule has 3 aromatic rings. The van der Waals surface area contributed by atoms with Crippen molar-refractivity contribution in [1.82, 2.24) is 14.0 Å². The van der Waals surface area contributed by atoms with Gasteiger partial charge in [-0.25, -0.2) is 4.98 Å². The van der Waals surface area contributed by atoms with Crippen LogP contribution in [0.25, 0.3) is 16.7 Å². The lowest BCUT2D eigenvalue weighted by atomic mass is 10.2. The summed E-state index contributed by atoms with van der Waals surface area (Å²) in [6, 6.07) is 7.14. The van der Waals surface area contributed by atoms with Gasteiger partial charge in [0.1, 0.15) is 17.4 Å². The van der Waals surface area contributed by atoms with E-state index in [0.717, 1.165) is 5.56 Å². The van der Waals surface area contributed by atoms with Crippen LogP contribution in [0.4, 0.5) is 0 Å². The number of carbonyl (C=O) groups is 1. The van der Waals surface area contributed by atoms with Crippen molar-refractivity contribution >= 4 is 22.6 Å². The van der Waals surface area contributed by atoms with Gasteiger partial charge in [-0.15, -0.1) is 0 Å². The zero-order chi connectivity index (χ0) is 23.8. The third-order valence-corrected chi connectivity index (χ3v) is 4.88. The number of amides is 1. The summed E-state index contributed by atoms with van der Waals surface area (Å²) in [5.74, 6) is -0.557. The zero-order valence-corrected chi connectivity index (χ0v) is 18.8. The first-order valence-corrected chi connectivity index (χ1v) is 10.5. The molecule has 9 heteroatoms. The molecule has 0 spiro atoms. The van der Waals surface area contributed by atoms with Crippen LogP contribution in [0.1, 0.15) is 24.5 Å². The van der Waals surface area contributed by atoms with Crippen LogP contribution in [0.2, 0.25) is 0 Å². The quantitative estimate of drug-likeness (QED) is 0.172. The van der Waals surface area contributed by atoms with Crippen molar-refractivity contribution < 1.29 is 14.3 Å². The number of allylic oxidation sites excluding steroid dienone is 2. The van der Waals surface area contributed by atoms with Crippen LogP contribution in [0, 0.1) is 18.3 Å². The Morgan fingerprint density at radius 1 is 1.33 bits per heavy atom. The first kappa shape index (κ1) is 23.6. The van der Waals surface area contributed by atoms with Gasteiger partial charge in [0.25, 0.3) is 11.5 Å². The Bertz CT molecular complexity index is 1410. The van der Waals surface area contributed by atoms with Crippen molar-refractivity contribution in [3.8, 4) is 6.07 Å². The lowest BCUT2D eigenvalue weighted by molar-refractivity contribution is -0.113. The number of aromatic nitrogens is 3. The molecule has 0 atom stereocenters. The van der Waals surface area contributed by atoms with Crippen molar-refractivity contribution in [2.24, 2.45) is 4.99 Å². The molecule has 0 saturated carbocycles. The summed E-state index contributed by atoms with van der Waals surface area (Å²) in [7, 11) is 1.50. The number of pyridine rings is 2. The highest BCUT2D eigenvalue weighted by Gasteiger charge is 2.15. The highest BCUT2D eigenvalue weighted by atomic mass is 16.5. The van der Waals surface area contributed by atoms with Crippen molar-refractivity contribution in [3.63, 3.8) is 0 Å². The Kier molecular flexibility index (Phi) is 7.89. The maximum atomic E-state index is 13.2. The van der Waals surface area contributed by atoms with Crippen LogP contribution < -0.4 is 11.0 Å². The lowest BCUT2D eigenvalue weighted by Gasteiger charge is -2.14. The number of ether oxygens (including phenoxy) is 2. The van der Waals surface area contributed by atoms with E-state index in [-0.39, 0.29) is 22.0 Å². The van der Waals surface area contributed by atoms with Gasteiger partial charge in [-0.05, 0) is 44.0 Å². The van der Waals surface area contributed by atoms with Crippen molar-refractivity contribution in [3.05, 3.63) is 75.9 Å².